The minimum atomic E-state index is -0.328. The van der Waals surface area contributed by atoms with Crippen molar-refractivity contribution >= 4 is 5.91 Å². The number of carbonyl (C=O) groups excluding carboxylic acids is 1. The van der Waals surface area contributed by atoms with E-state index in [1.807, 2.05) is 0 Å². The highest BCUT2D eigenvalue weighted by Gasteiger charge is 2.25. The second-order valence-electron chi connectivity index (χ2n) is 4.75. The molecule has 0 saturated heterocycles. The largest absolute Gasteiger partial charge is 0.353 e. The first-order valence-electron chi connectivity index (χ1n) is 6.38. The van der Waals surface area contributed by atoms with Crippen molar-refractivity contribution in [3.05, 3.63) is 0 Å². The van der Waals surface area contributed by atoms with Gasteiger partial charge in [-0.05, 0) is 26.3 Å². The molecule has 1 amide bonds. The molecule has 1 atom stereocenters. The van der Waals surface area contributed by atoms with E-state index in [0.717, 1.165) is 31.8 Å². The van der Waals surface area contributed by atoms with Gasteiger partial charge in [-0.15, -0.1) is 0 Å². The summed E-state index contributed by atoms with van der Waals surface area (Å²) in [5, 5.41) is 2.90. The maximum atomic E-state index is 11.6. The van der Waals surface area contributed by atoms with E-state index < -0.39 is 0 Å². The van der Waals surface area contributed by atoms with Crippen LogP contribution in [0.2, 0.25) is 0 Å². The third-order valence-electron chi connectivity index (χ3n) is 3.14. The molecule has 0 heterocycles. The van der Waals surface area contributed by atoms with E-state index in [1.165, 1.54) is 12.8 Å². The van der Waals surface area contributed by atoms with Crippen LogP contribution in [0.15, 0.2) is 0 Å². The number of rotatable bonds is 8. The first-order valence-corrected chi connectivity index (χ1v) is 6.38. The predicted molar refractivity (Wildman–Crippen MR) is 66.2 cm³/mol. The van der Waals surface area contributed by atoms with E-state index in [-0.39, 0.29) is 11.9 Å². The summed E-state index contributed by atoms with van der Waals surface area (Å²) >= 11 is 0. The second-order valence-corrected chi connectivity index (χ2v) is 4.75. The average Bonchev–Trinajstić information content (AvgIpc) is 3.09. The molecule has 3 N–H and O–H groups in total. The topological polar surface area (TPSA) is 58.4 Å². The van der Waals surface area contributed by atoms with Crippen LogP contribution < -0.4 is 11.1 Å². The molecule has 4 nitrogen and oxygen atoms in total. The van der Waals surface area contributed by atoms with Crippen LogP contribution in [0.3, 0.4) is 0 Å². The van der Waals surface area contributed by atoms with Gasteiger partial charge in [0, 0.05) is 19.1 Å². The lowest BCUT2D eigenvalue weighted by molar-refractivity contribution is -0.122. The SMILES string of the molecule is CCCCC(N)C(=O)NCCN(C)C1CC1. The molecular formula is C12H25N3O. The molecule has 1 fully saturated rings. The van der Waals surface area contributed by atoms with Crippen LogP contribution >= 0.6 is 0 Å². The lowest BCUT2D eigenvalue weighted by atomic mass is 10.1. The van der Waals surface area contributed by atoms with Crippen molar-refractivity contribution in [2.45, 2.75) is 51.1 Å². The summed E-state index contributed by atoms with van der Waals surface area (Å²) in [6.45, 7) is 3.75. The highest BCUT2D eigenvalue weighted by Crippen LogP contribution is 2.24. The molecule has 1 unspecified atom stereocenters. The van der Waals surface area contributed by atoms with Gasteiger partial charge in [-0.1, -0.05) is 19.8 Å². The fourth-order valence-electron chi connectivity index (χ4n) is 1.74. The first kappa shape index (κ1) is 13.5. The molecule has 1 rings (SSSR count). The average molecular weight is 227 g/mol. The lowest BCUT2D eigenvalue weighted by Crippen LogP contribution is -2.43. The van der Waals surface area contributed by atoms with Crippen molar-refractivity contribution in [1.29, 1.82) is 0 Å². The van der Waals surface area contributed by atoms with E-state index in [4.69, 9.17) is 5.73 Å². The van der Waals surface area contributed by atoms with Gasteiger partial charge in [-0.2, -0.15) is 0 Å². The number of nitrogens with one attached hydrogen (secondary N) is 1. The van der Waals surface area contributed by atoms with Gasteiger partial charge < -0.3 is 16.0 Å². The van der Waals surface area contributed by atoms with Crippen LogP contribution in [-0.4, -0.2) is 43.0 Å². The Hall–Kier alpha value is -0.610. The van der Waals surface area contributed by atoms with E-state index >= 15 is 0 Å². The van der Waals surface area contributed by atoms with Gasteiger partial charge in [0.1, 0.15) is 0 Å². The molecule has 0 bridgehead atoms. The smallest absolute Gasteiger partial charge is 0.236 e. The van der Waals surface area contributed by atoms with E-state index in [9.17, 15) is 4.79 Å². The van der Waals surface area contributed by atoms with Gasteiger partial charge in [0.05, 0.1) is 6.04 Å². The summed E-state index contributed by atoms with van der Waals surface area (Å²) in [5.74, 6) is -0.00218. The fraction of sp³-hybridized carbons (Fsp3) is 0.917. The Morgan fingerprint density at radius 3 is 2.81 bits per heavy atom. The van der Waals surface area contributed by atoms with E-state index in [2.05, 4.69) is 24.2 Å². The normalized spacial score (nSPS) is 17.5. The van der Waals surface area contributed by atoms with Crippen molar-refractivity contribution in [2.24, 2.45) is 5.73 Å². The maximum absolute atomic E-state index is 11.6. The summed E-state index contributed by atoms with van der Waals surface area (Å²) in [5.41, 5.74) is 5.77. The van der Waals surface area contributed by atoms with Crippen molar-refractivity contribution in [3.8, 4) is 0 Å². The quantitative estimate of drug-likeness (QED) is 0.642. The minimum absolute atomic E-state index is 0.00218. The van der Waals surface area contributed by atoms with Gasteiger partial charge in [0.15, 0.2) is 0 Å². The third kappa shape index (κ3) is 4.94. The minimum Gasteiger partial charge on any atom is -0.353 e. The molecule has 0 aliphatic heterocycles. The van der Waals surface area contributed by atoms with E-state index in [1.54, 1.807) is 0 Å². The molecule has 1 aliphatic carbocycles. The molecule has 1 aliphatic rings. The Morgan fingerprint density at radius 1 is 1.56 bits per heavy atom. The summed E-state index contributed by atoms with van der Waals surface area (Å²) < 4.78 is 0. The molecular weight excluding hydrogens is 202 g/mol. The van der Waals surface area contributed by atoms with Crippen molar-refractivity contribution in [2.75, 3.05) is 20.1 Å². The van der Waals surface area contributed by atoms with Gasteiger partial charge >= 0.3 is 0 Å². The van der Waals surface area contributed by atoms with Crippen LogP contribution in [0.4, 0.5) is 0 Å². The number of unbranched alkanes of at least 4 members (excludes halogenated alkanes) is 1. The summed E-state index contributed by atoms with van der Waals surface area (Å²) in [6, 6.07) is 0.428. The third-order valence-corrected chi connectivity index (χ3v) is 3.14. The van der Waals surface area contributed by atoms with Crippen molar-refractivity contribution in [3.63, 3.8) is 0 Å². The molecule has 0 radical (unpaired) electrons. The van der Waals surface area contributed by atoms with Gasteiger partial charge in [0.25, 0.3) is 0 Å². The molecule has 16 heavy (non-hydrogen) atoms. The number of nitrogens with two attached hydrogens (primary N) is 1. The van der Waals surface area contributed by atoms with Crippen molar-refractivity contribution < 1.29 is 4.79 Å². The summed E-state index contributed by atoms with van der Waals surface area (Å²) in [6.07, 6.45) is 5.52. The van der Waals surface area contributed by atoms with Gasteiger partial charge in [-0.3, -0.25) is 4.79 Å². The van der Waals surface area contributed by atoms with Crippen molar-refractivity contribution in [1.82, 2.24) is 10.2 Å². The van der Waals surface area contributed by atoms with Crippen LogP contribution in [0.1, 0.15) is 39.0 Å². The molecule has 0 aromatic heterocycles. The molecule has 94 valence electrons. The van der Waals surface area contributed by atoms with Gasteiger partial charge in [0.2, 0.25) is 5.91 Å². The Bertz CT molecular complexity index is 216. The van der Waals surface area contributed by atoms with Gasteiger partial charge in [-0.25, -0.2) is 0 Å². The molecule has 4 heteroatoms. The highest BCUT2D eigenvalue weighted by atomic mass is 16.2. The maximum Gasteiger partial charge on any atom is 0.236 e. The van der Waals surface area contributed by atoms with Crippen LogP contribution in [0, 0.1) is 0 Å². The Labute approximate surface area is 98.6 Å². The highest BCUT2D eigenvalue weighted by molar-refractivity contribution is 5.81. The lowest BCUT2D eigenvalue weighted by Gasteiger charge is -2.17. The Kier molecular flexibility index (Phi) is 5.77. The number of nitrogens with zero attached hydrogens (tertiary/aromatic N) is 1. The van der Waals surface area contributed by atoms with Crippen LogP contribution in [-0.2, 0) is 4.79 Å². The zero-order chi connectivity index (χ0) is 12.0. The number of likely N-dealkylation sites (N-methyl/N-ethyl adjacent to an activating group) is 1. The van der Waals surface area contributed by atoms with Crippen LogP contribution in [0.5, 0.6) is 0 Å². The Balaban J connectivity index is 2.04. The predicted octanol–water partition coefficient (Wildman–Crippen LogP) is 0.714. The Morgan fingerprint density at radius 2 is 2.25 bits per heavy atom. The molecule has 0 aromatic carbocycles. The monoisotopic (exact) mass is 227 g/mol. The van der Waals surface area contributed by atoms with E-state index in [0.29, 0.717) is 6.54 Å². The molecule has 0 spiro atoms. The second kappa shape index (κ2) is 6.86. The summed E-state index contributed by atoms with van der Waals surface area (Å²) in [4.78, 5) is 13.9. The zero-order valence-corrected chi connectivity index (χ0v) is 10.5. The fourth-order valence-corrected chi connectivity index (χ4v) is 1.74. The first-order chi connectivity index (χ1) is 7.65. The van der Waals surface area contributed by atoms with Crippen LogP contribution in [0.25, 0.3) is 0 Å². The zero-order valence-electron chi connectivity index (χ0n) is 10.5. The molecule has 0 aromatic rings. The summed E-state index contributed by atoms with van der Waals surface area (Å²) in [7, 11) is 2.11. The standard InChI is InChI=1S/C12H25N3O/c1-3-4-5-11(13)12(16)14-8-9-15(2)10-6-7-10/h10-11H,3-9,13H2,1-2H3,(H,14,16). The molecule has 1 saturated carbocycles. The number of amides is 1. The number of hydrogen-bond acceptors (Lipinski definition) is 3. The number of carbonyl (C=O) groups is 1. The number of hydrogen-bond donors (Lipinski definition) is 2.